The number of carbonyl (C=O) groups is 3. The van der Waals surface area contributed by atoms with Crippen molar-refractivity contribution in [3.8, 4) is 0 Å². The summed E-state index contributed by atoms with van der Waals surface area (Å²) >= 11 is 0. The standard InChI is InChI=1S/C13H24N2O4/c1-7(2)10(13(18)19)6-14-12(17)11(8(3)4)15-9(5)16/h7-8,10-11H,6H2,1-5H3,(H,14,17)(H,15,16)(H,18,19). The van der Waals surface area contributed by atoms with Crippen LogP contribution in [-0.2, 0) is 14.4 Å². The molecule has 0 bridgehead atoms. The molecule has 3 N–H and O–H groups in total. The minimum Gasteiger partial charge on any atom is -0.481 e. The van der Waals surface area contributed by atoms with Crippen LogP contribution in [0.2, 0.25) is 0 Å². The predicted molar refractivity (Wildman–Crippen MR) is 71.4 cm³/mol. The van der Waals surface area contributed by atoms with Gasteiger partial charge in [0.05, 0.1) is 5.92 Å². The van der Waals surface area contributed by atoms with E-state index in [0.29, 0.717) is 0 Å². The van der Waals surface area contributed by atoms with Crippen LogP contribution in [0.25, 0.3) is 0 Å². The number of hydrogen-bond donors (Lipinski definition) is 3. The molecule has 6 nitrogen and oxygen atoms in total. The maximum atomic E-state index is 12.0. The lowest BCUT2D eigenvalue weighted by atomic mass is 9.95. The molecule has 0 rings (SSSR count). The third-order valence-electron chi connectivity index (χ3n) is 2.93. The molecule has 0 saturated carbocycles. The van der Waals surface area contributed by atoms with Gasteiger partial charge in [-0.25, -0.2) is 0 Å². The van der Waals surface area contributed by atoms with Crippen LogP contribution in [-0.4, -0.2) is 35.5 Å². The molecule has 0 radical (unpaired) electrons. The van der Waals surface area contributed by atoms with Gasteiger partial charge in [0, 0.05) is 13.5 Å². The molecule has 2 unspecified atom stereocenters. The van der Waals surface area contributed by atoms with Crippen molar-refractivity contribution in [2.45, 2.75) is 40.7 Å². The number of hydrogen-bond acceptors (Lipinski definition) is 3. The Hall–Kier alpha value is -1.59. The molecule has 0 aromatic carbocycles. The number of carboxylic acids is 1. The quantitative estimate of drug-likeness (QED) is 0.633. The number of carboxylic acid groups (broad SMARTS) is 1. The second-order valence-corrected chi connectivity index (χ2v) is 5.36. The molecule has 0 aromatic rings. The van der Waals surface area contributed by atoms with Gasteiger partial charge in [-0.3, -0.25) is 14.4 Å². The van der Waals surface area contributed by atoms with Gasteiger partial charge in [-0.05, 0) is 11.8 Å². The second kappa shape index (κ2) is 7.76. The van der Waals surface area contributed by atoms with E-state index in [4.69, 9.17) is 5.11 Å². The highest BCUT2D eigenvalue weighted by atomic mass is 16.4. The molecule has 0 heterocycles. The Morgan fingerprint density at radius 2 is 1.58 bits per heavy atom. The summed E-state index contributed by atoms with van der Waals surface area (Å²) in [6, 6.07) is -0.640. The Morgan fingerprint density at radius 3 is 1.89 bits per heavy atom. The van der Waals surface area contributed by atoms with Crippen LogP contribution in [0.5, 0.6) is 0 Å². The minimum absolute atomic E-state index is 0.0637. The van der Waals surface area contributed by atoms with Gasteiger partial charge in [-0.2, -0.15) is 0 Å². The van der Waals surface area contributed by atoms with Gasteiger partial charge >= 0.3 is 5.97 Å². The third kappa shape index (κ3) is 6.22. The van der Waals surface area contributed by atoms with E-state index in [2.05, 4.69) is 10.6 Å². The molecule has 0 fully saturated rings. The molecule has 0 spiro atoms. The average molecular weight is 272 g/mol. The molecule has 19 heavy (non-hydrogen) atoms. The van der Waals surface area contributed by atoms with Crippen molar-refractivity contribution in [1.82, 2.24) is 10.6 Å². The van der Waals surface area contributed by atoms with Crippen molar-refractivity contribution in [3.63, 3.8) is 0 Å². The Balaban J connectivity index is 4.56. The maximum Gasteiger partial charge on any atom is 0.308 e. The Bertz CT molecular complexity index is 340. The number of aliphatic carboxylic acids is 1. The second-order valence-electron chi connectivity index (χ2n) is 5.36. The highest BCUT2D eigenvalue weighted by Gasteiger charge is 2.26. The monoisotopic (exact) mass is 272 g/mol. The summed E-state index contributed by atoms with van der Waals surface area (Å²) in [5, 5.41) is 14.2. The van der Waals surface area contributed by atoms with Gasteiger partial charge in [0.2, 0.25) is 11.8 Å². The summed E-state index contributed by atoms with van der Waals surface area (Å²) in [6.07, 6.45) is 0. The van der Waals surface area contributed by atoms with E-state index in [0.717, 1.165) is 0 Å². The summed E-state index contributed by atoms with van der Waals surface area (Å²) in [5.74, 6) is -2.34. The van der Waals surface area contributed by atoms with Crippen molar-refractivity contribution in [2.24, 2.45) is 17.8 Å². The average Bonchev–Trinajstić information content (AvgIpc) is 2.24. The fraction of sp³-hybridized carbons (Fsp3) is 0.769. The largest absolute Gasteiger partial charge is 0.481 e. The lowest BCUT2D eigenvalue weighted by Crippen LogP contribution is -2.50. The van der Waals surface area contributed by atoms with E-state index in [-0.39, 0.29) is 30.2 Å². The van der Waals surface area contributed by atoms with Gasteiger partial charge in [0.25, 0.3) is 0 Å². The molecule has 110 valence electrons. The molecule has 0 aliphatic heterocycles. The topological polar surface area (TPSA) is 95.5 Å². The van der Waals surface area contributed by atoms with Crippen molar-refractivity contribution in [1.29, 1.82) is 0 Å². The van der Waals surface area contributed by atoms with Crippen molar-refractivity contribution in [2.75, 3.05) is 6.54 Å². The van der Waals surface area contributed by atoms with Crippen LogP contribution >= 0.6 is 0 Å². The first-order valence-electron chi connectivity index (χ1n) is 6.44. The summed E-state index contributed by atoms with van der Waals surface area (Å²) in [7, 11) is 0. The smallest absolute Gasteiger partial charge is 0.308 e. The lowest BCUT2D eigenvalue weighted by molar-refractivity contribution is -0.143. The molecule has 2 amide bonds. The van der Waals surface area contributed by atoms with Crippen LogP contribution < -0.4 is 10.6 Å². The van der Waals surface area contributed by atoms with Crippen molar-refractivity contribution < 1.29 is 19.5 Å². The summed E-state index contributed by atoms with van der Waals surface area (Å²) in [6.45, 7) is 8.62. The Kier molecular flexibility index (Phi) is 7.11. The van der Waals surface area contributed by atoms with E-state index < -0.39 is 17.9 Å². The summed E-state index contributed by atoms with van der Waals surface area (Å²) in [5.41, 5.74) is 0. The first-order valence-corrected chi connectivity index (χ1v) is 6.44. The van der Waals surface area contributed by atoms with E-state index in [1.54, 1.807) is 13.8 Å². The molecule has 6 heteroatoms. The Labute approximate surface area is 113 Å². The van der Waals surface area contributed by atoms with Crippen molar-refractivity contribution >= 4 is 17.8 Å². The number of carbonyl (C=O) groups excluding carboxylic acids is 2. The number of nitrogens with one attached hydrogen (secondary N) is 2. The van der Waals surface area contributed by atoms with E-state index in [1.165, 1.54) is 6.92 Å². The first kappa shape index (κ1) is 17.4. The SMILES string of the molecule is CC(=O)NC(C(=O)NCC(C(=O)O)C(C)C)C(C)C. The maximum absolute atomic E-state index is 12.0. The van der Waals surface area contributed by atoms with Gasteiger partial charge < -0.3 is 15.7 Å². The van der Waals surface area contributed by atoms with Gasteiger partial charge in [-0.15, -0.1) is 0 Å². The molecular weight excluding hydrogens is 248 g/mol. The fourth-order valence-corrected chi connectivity index (χ4v) is 1.68. The van der Waals surface area contributed by atoms with Crippen LogP contribution in [0, 0.1) is 17.8 Å². The first-order chi connectivity index (χ1) is 8.66. The van der Waals surface area contributed by atoms with Crippen LogP contribution in [0.15, 0.2) is 0 Å². The normalized spacial score (nSPS) is 14.1. The van der Waals surface area contributed by atoms with E-state index in [9.17, 15) is 14.4 Å². The Morgan fingerprint density at radius 1 is 1.05 bits per heavy atom. The van der Waals surface area contributed by atoms with Crippen LogP contribution in [0.4, 0.5) is 0 Å². The molecular formula is C13H24N2O4. The van der Waals surface area contributed by atoms with Crippen LogP contribution in [0.1, 0.15) is 34.6 Å². The zero-order valence-electron chi connectivity index (χ0n) is 12.2. The molecule has 2 atom stereocenters. The highest BCUT2D eigenvalue weighted by Crippen LogP contribution is 2.10. The number of rotatable bonds is 7. The zero-order valence-corrected chi connectivity index (χ0v) is 12.2. The predicted octanol–water partition coefficient (Wildman–Crippen LogP) is 0.620. The summed E-state index contributed by atoms with van der Waals surface area (Å²) in [4.78, 5) is 34.0. The van der Waals surface area contributed by atoms with Gasteiger partial charge in [-0.1, -0.05) is 27.7 Å². The van der Waals surface area contributed by atoms with Gasteiger partial charge in [0.1, 0.15) is 6.04 Å². The fourth-order valence-electron chi connectivity index (χ4n) is 1.68. The third-order valence-corrected chi connectivity index (χ3v) is 2.93. The molecule has 0 aliphatic rings. The number of amides is 2. The highest BCUT2D eigenvalue weighted by molar-refractivity contribution is 5.87. The summed E-state index contributed by atoms with van der Waals surface area (Å²) < 4.78 is 0. The zero-order chi connectivity index (χ0) is 15.2. The van der Waals surface area contributed by atoms with Crippen molar-refractivity contribution in [3.05, 3.63) is 0 Å². The molecule has 0 saturated heterocycles. The van der Waals surface area contributed by atoms with Crippen LogP contribution in [0.3, 0.4) is 0 Å². The van der Waals surface area contributed by atoms with Gasteiger partial charge in [0.15, 0.2) is 0 Å². The molecule has 0 aliphatic carbocycles. The molecule has 0 aromatic heterocycles. The minimum atomic E-state index is -0.934. The van der Waals surface area contributed by atoms with E-state index in [1.807, 2.05) is 13.8 Å². The lowest BCUT2D eigenvalue weighted by Gasteiger charge is -2.23. The van der Waals surface area contributed by atoms with E-state index >= 15 is 0 Å².